The number of nitrogens with one attached hydrogen (secondary N) is 1. The van der Waals surface area contributed by atoms with E-state index >= 15 is 0 Å². The van der Waals surface area contributed by atoms with Crippen LogP contribution >= 0.6 is 0 Å². The molecule has 1 N–H and O–H groups in total. The molecule has 2 aromatic rings. The van der Waals surface area contributed by atoms with E-state index in [4.69, 9.17) is 0 Å². The summed E-state index contributed by atoms with van der Waals surface area (Å²) >= 11 is 0. The lowest BCUT2D eigenvalue weighted by Gasteiger charge is -2.35. The van der Waals surface area contributed by atoms with Crippen molar-refractivity contribution >= 4 is 11.8 Å². The summed E-state index contributed by atoms with van der Waals surface area (Å²) in [5.74, 6) is 0.110. The smallest absolute Gasteiger partial charge is 0.256 e. The molecule has 1 unspecified atom stereocenters. The van der Waals surface area contributed by atoms with Gasteiger partial charge in [0.25, 0.3) is 5.91 Å². The van der Waals surface area contributed by atoms with Crippen LogP contribution in [0.25, 0.3) is 0 Å². The van der Waals surface area contributed by atoms with Crippen molar-refractivity contribution in [3.63, 3.8) is 0 Å². The number of pyridine rings is 1. The van der Waals surface area contributed by atoms with Crippen LogP contribution in [0.15, 0.2) is 48.8 Å². The van der Waals surface area contributed by atoms with Crippen molar-refractivity contribution in [1.82, 2.24) is 15.2 Å². The fourth-order valence-corrected chi connectivity index (χ4v) is 2.94. The van der Waals surface area contributed by atoms with E-state index < -0.39 is 6.04 Å². The van der Waals surface area contributed by atoms with E-state index in [2.05, 4.69) is 24.1 Å². The predicted octanol–water partition coefficient (Wildman–Crippen LogP) is 2.52. The van der Waals surface area contributed by atoms with E-state index in [0.29, 0.717) is 24.6 Å². The molecule has 1 aliphatic heterocycles. The number of carbonyl (C=O) groups excluding carboxylic acids is 2. The van der Waals surface area contributed by atoms with Crippen LogP contribution in [0.3, 0.4) is 0 Å². The Bertz CT molecular complexity index is 726. The first kappa shape index (κ1) is 16.2. The van der Waals surface area contributed by atoms with Gasteiger partial charge in [-0.05, 0) is 29.2 Å². The molecule has 1 saturated heterocycles. The normalized spacial score (nSPS) is 17.7. The maximum Gasteiger partial charge on any atom is 0.256 e. The summed E-state index contributed by atoms with van der Waals surface area (Å²) in [5.41, 5.74) is 2.53. The van der Waals surface area contributed by atoms with Crippen LogP contribution in [-0.2, 0) is 4.79 Å². The van der Waals surface area contributed by atoms with Gasteiger partial charge in [0.2, 0.25) is 5.91 Å². The van der Waals surface area contributed by atoms with Gasteiger partial charge < -0.3 is 10.2 Å². The zero-order chi connectivity index (χ0) is 17.1. The number of amides is 2. The average molecular weight is 323 g/mol. The number of piperazine rings is 1. The zero-order valence-electron chi connectivity index (χ0n) is 13.9. The SMILES string of the molecule is CC(C)c1ccc(C2C(=O)NCCN2C(=O)c2cccnc2)cc1. The summed E-state index contributed by atoms with van der Waals surface area (Å²) in [4.78, 5) is 30.9. The molecule has 1 fully saturated rings. The highest BCUT2D eigenvalue weighted by molar-refractivity contribution is 5.98. The summed E-state index contributed by atoms with van der Waals surface area (Å²) in [7, 11) is 0. The molecule has 2 heterocycles. The summed E-state index contributed by atoms with van der Waals surface area (Å²) < 4.78 is 0. The highest BCUT2D eigenvalue weighted by atomic mass is 16.2. The molecule has 3 rings (SSSR count). The maximum atomic E-state index is 12.8. The zero-order valence-corrected chi connectivity index (χ0v) is 13.9. The Labute approximate surface area is 141 Å². The van der Waals surface area contributed by atoms with Crippen molar-refractivity contribution in [2.45, 2.75) is 25.8 Å². The van der Waals surface area contributed by atoms with Crippen LogP contribution < -0.4 is 5.32 Å². The van der Waals surface area contributed by atoms with Gasteiger partial charge in [0.05, 0.1) is 5.56 Å². The van der Waals surface area contributed by atoms with Gasteiger partial charge >= 0.3 is 0 Å². The molecule has 0 bridgehead atoms. The Hall–Kier alpha value is -2.69. The first-order valence-corrected chi connectivity index (χ1v) is 8.16. The number of carbonyl (C=O) groups is 2. The number of hydrogen-bond acceptors (Lipinski definition) is 3. The molecule has 24 heavy (non-hydrogen) atoms. The van der Waals surface area contributed by atoms with Gasteiger partial charge in [0.1, 0.15) is 6.04 Å². The summed E-state index contributed by atoms with van der Waals surface area (Å²) in [5, 5.41) is 2.86. The van der Waals surface area contributed by atoms with Crippen LogP contribution in [0.2, 0.25) is 0 Å². The molecule has 1 aliphatic rings. The lowest BCUT2D eigenvalue weighted by atomic mass is 9.96. The van der Waals surface area contributed by atoms with Gasteiger partial charge in [-0.3, -0.25) is 14.6 Å². The van der Waals surface area contributed by atoms with Gasteiger partial charge in [-0.15, -0.1) is 0 Å². The van der Waals surface area contributed by atoms with E-state index in [1.807, 2.05) is 24.3 Å². The van der Waals surface area contributed by atoms with Crippen LogP contribution in [0, 0.1) is 0 Å². The molecule has 0 radical (unpaired) electrons. The number of nitrogens with zero attached hydrogens (tertiary/aromatic N) is 2. The Morgan fingerprint density at radius 3 is 2.62 bits per heavy atom. The number of hydrogen-bond donors (Lipinski definition) is 1. The molecule has 0 spiro atoms. The Morgan fingerprint density at radius 2 is 2.00 bits per heavy atom. The van der Waals surface area contributed by atoms with Crippen LogP contribution in [-0.4, -0.2) is 34.8 Å². The third kappa shape index (κ3) is 3.15. The highest BCUT2D eigenvalue weighted by Gasteiger charge is 2.34. The van der Waals surface area contributed by atoms with Crippen molar-refractivity contribution < 1.29 is 9.59 Å². The standard InChI is InChI=1S/C19H21N3O2/c1-13(2)14-5-7-15(8-6-14)17-18(23)21-10-11-22(17)19(24)16-4-3-9-20-12-16/h3-9,12-13,17H,10-11H2,1-2H3,(H,21,23). The van der Waals surface area contributed by atoms with Crippen LogP contribution in [0.1, 0.15) is 47.3 Å². The second-order valence-electron chi connectivity index (χ2n) is 6.26. The second-order valence-corrected chi connectivity index (χ2v) is 6.26. The average Bonchev–Trinajstić information content (AvgIpc) is 2.61. The largest absolute Gasteiger partial charge is 0.352 e. The van der Waals surface area contributed by atoms with E-state index in [0.717, 1.165) is 5.56 Å². The van der Waals surface area contributed by atoms with Crippen LogP contribution in [0.5, 0.6) is 0 Å². The number of rotatable bonds is 3. The monoisotopic (exact) mass is 323 g/mol. The van der Waals surface area contributed by atoms with E-state index in [-0.39, 0.29) is 11.8 Å². The molecule has 0 saturated carbocycles. The molecule has 5 nitrogen and oxygen atoms in total. The number of aromatic nitrogens is 1. The molecule has 1 atom stereocenters. The lowest BCUT2D eigenvalue weighted by Crippen LogP contribution is -2.52. The third-order valence-corrected chi connectivity index (χ3v) is 4.30. The minimum absolute atomic E-state index is 0.143. The lowest BCUT2D eigenvalue weighted by molar-refractivity contribution is -0.128. The van der Waals surface area contributed by atoms with Crippen molar-refractivity contribution in [1.29, 1.82) is 0 Å². The molecule has 124 valence electrons. The molecular formula is C19H21N3O2. The Kier molecular flexibility index (Phi) is 4.60. The fourth-order valence-electron chi connectivity index (χ4n) is 2.94. The quantitative estimate of drug-likeness (QED) is 0.944. The molecule has 2 amide bonds. The van der Waals surface area contributed by atoms with E-state index in [1.54, 1.807) is 23.2 Å². The van der Waals surface area contributed by atoms with Crippen molar-refractivity contribution in [3.05, 3.63) is 65.5 Å². The second kappa shape index (κ2) is 6.83. The van der Waals surface area contributed by atoms with Gasteiger partial charge in [0, 0.05) is 25.5 Å². The van der Waals surface area contributed by atoms with Gasteiger partial charge in [-0.25, -0.2) is 0 Å². The van der Waals surface area contributed by atoms with Crippen molar-refractivity contribution in [2.75, 3.05) is 13.1 Å². The number of benzene rings is 1. The van der Waals surface area contributed by atoms with E-state index in [1.165, 1.54) is 11.8 Å². The molecule has 1 aromatic heterocycles. The molecule has 1 aromatic carbocycles. The topological polar surface area (TPSA) is 62.3 Å². The molecule has 0 aliphatic carbocycles. The molecular weight excluding hydrogens is 302 g/mol. The van der Waals surface area contributed by atoms with Crippen LogP contribution in [0.4, 0.5) is 0 Å². The summed E-state index contributed by atoms with van der Waals surface area (Å²) in [6.07, 6.45) is 3.16. The first-order chi connectivity index (χ1) is 11.6. The van der Waals surface area contributed by atoms with E-state index in [9.17, 15) is 9.59 Å². The van der Waals surface area contributed by atoms with Crippen molar-refractivity contribution in [2.24, 2.45) is 0 Å². The minimum Gasteiger partial charge on any atom is -0.352 e. The van der Waals surface area contributed by atoms with Gasteiger partial charge in [0.15, 0.2) is 0 Å². The van der Waals surface area contributed by atoms with Gasteiger partial charge in [-0.2, -0.15) is 0 Å². The fraction of sp³-hybridized carbons (Fsp3) is 0.316. The first-order valence-electron chi connectivity index (χ1n) is 8.16. The summed E-state index contributed by atoms with van der Waals surface area (Å²) in [6, 6.07) is 10.8. The third-order valence-electron chi connectivity index (χ3n) is 4.30. The Morgan fingerprint density at radius 1 is 1.25 bits per heavy atom. The minimum atomic E-state index is -0.604. The predicted molar refractivity (Wildman–Crippen MR) is 91.6 cm³/mol. The Balaban J connectivity index is 1.92. The molecule has 5 heteroatoms. The highest BCUT2D eigenvalue weighted by Crippen LogP contribution is 2.26. The summed E-state index contributed by atoms with van der Waals surface area (Å²) in [6.45, 7) is 5.20. The van der Waals surface area contributed by atoms with Crippen molar-refractivity contribution in [3.8, 4) is 0 Å². The van der Waals surface area contributed by atoms with Gasteiger partial charge in [-0.1, -0.05) is 38.1 Å². The maximum absolute atomic E-state index is 12.8.